The molecule has 0 aromatic heterocycles. The van der Waals surface area contributed by atoms with Gasteiger partial charge in [0, 0.05) is 13.0 Å². The lowest BCUT2D eigenvalue weighted by Gasteiger charge is -2.28. The molecule has 0 aliphatic heterocycles. The van der Waals surface area contributed by atoms with Crippen molar-refractivity contribution in [3.63, 3.8) is 0 Å². The van der Waals surface area contributed by atoms with E-state index in [0.717, 1.165) is 83.5 Å². The van der Waals surface area contributed by atoms with Gasteiger partial charge in [-0.15, -0.1) is 0 Å². The molecule has 0 aliphatic carbocycles. The first-order chi connectivity index (χ1) is 27.6. The summed E-state index contributed by atoms with van der Waals surface area (Å²) in [6, 6.07) is 0. The Morgan fingerprint density at radius 1 is 0.561 bits per heavy atom. The Morgan fingerprint density at radius 2 is 1.02 bits per heavy atom. The van der Waals surface area contributed by atoms with Crippen LogP contribution >= 0.6 is 7.82 Å². The molecule has 2 unspecified atom stereocenters. The topological polar surface area (TPSA) is 94.1 Å². The van der Waals surface area contributed by atoms with Gasteiger partial charge in [0.2, 0.25) is 0 Å². The Labute approximate surface area is 350 Å². The van der Waals surface area contributed by atoms with Crippen molar-refractivity contribution in [2.45, 2.75) is 161 Å². The van der Waals surface area contributed by atoms with Crippen molar-refractivity contribution >= 4 is 13.8 Å². The largest absolute Gasteiger partial charge is 0.756 e. The molecule has 9 heteroatoms. The highest BCUT2D eigenvalue weighted by Gasteiger charge is 2.20. The molecule has 0 aromatic carbocycles. The minimum Gasteiger partial charge on any atom is -0.756 e. The molecule has 0 rings (SSSR count). The predicted molar refractivity (Wildman–Crippen MR) is 240 cm³/mol. The monoisotopic (exact) mass is 818 g/mol. The number of rotatable bonds is 40. The van der Waals surface area contributed by atoms with Gasteiger partial charge in [0.1, 0.15) is 19.3 Å². The minimum absolute atomic E-state index is 0.00841. The molecular formula is C48H84NO7P. The fourth-order valence-electron chi connectivity index (χ4n) is 5.50. The van der Waals surface area contributed by atoms with E-state index < -0.39 is 13.9 Å². The van der Waals surface area contributed by atoms with E-state index in [-0.39, 0.29) is 32.2 Å². The first-order valence-corrected chi connectivity index (χ1v) is 23.8. The van der Waals surface area contributed by atoms with Crippen molar-refractivity contribution < 1.29 is 37.3 Å². The molecule has 0 fully saturated rings. The number of unbranched alkanes of at least 4 members (excludes halogenated alkanes) is 12. The van der Waals surface area contributed by atoms with Crippen LogP contribution in [0.1, 0.15) is 155 Å². The molecular weight excluding hydrogens is 734 g/mol. The van der Waals surface area contributed by atoms with Gasteiger partial charge in [-0.1, -0.05) is 150 Å². The third kappa shape index (κ3) is 44.6. The number of carbonyl (C=O) groups is 1. The lowest BCUT2D eigenvalue weighted by molar-refractivity contribution is -0.870. The van der Waals surface area contributed by atoms with Crippen molar-refractivity contribution in [1.29, 1.82) is 0 Å². The number of nitrogens with zero attached hydrogens (tertiary/aromatic N) is 1. The van der Waals surface area contributed by atoms with E-state index in [9.17, 15) is 14.3 Å². The number of esters is 1. The van der Waals surface area contributed by atoms with Crippen LogP contribution < -0.4 is 4.89 Å². The molecule has 0 saturated carbocycles. The number of phosphoric ester groups is 1. The highest BCUT2D eigenvalue weighted by atomic mass is 31.2. The van der Waals surface area contributed by atoms with Crippen LogP contribution in [0.3, 0.4) is 0 Å². The van der Waals surface area contributed by atoms with Gasteiger partial charge in [0.25, 0.3) is 7.82 Å². The normalized spacial score (nSPS) is 14.6. The van der Waals surface area contributed by atoms with Crippen molar-refractivity contribution in [3.05, 3.63) is 85.1 Å². The Balaban J connectivity index is 4.33. The SMILES string of the molecule is CC/C=C\C/C=C\C/C=C\C/C=C\CCCOCC(COP(=O)([O-])OCC[N+](C)(C)C)OC(=O)CCCCCCCC/C=C\C/C=C\C/C=C\CCCCCCC. The molecule has 0 aromatic rings. The number of hydrogen-bond acceptors (Lipinski definition) is 7. The van der Waals surface area contributed by atoms with Gasteiger partial charge >= 0.3 is 5.97 Å². The molecule has 0 saturated heterocycles. The number of likely N-dealkylation sites (N-methyl/N-ethyl adjacent to an activating group) is 1. The van der Waals surface area contributed by atoms with E-state index in [2.05, 4.69) is 98.9 Å². The van der Waals surface area contributed by atoms with Crippen LogP contribution in [-0.4, -0.2) is 70.7 Å². The maximum Gasteiger partial charge on any atom is 0.306 e. The average Bonchev–Trinajstić information content (AvgIpc) is 3.16. The molecule has 0 aliphatic rings. The predicted octanol–water partition coefficient (Wildman–Crippen LogP) is 12.6. The Hall–Kier alpha value is -2.32. The van der Waals surface area contributed by atoms with E-state index in [4.69, 9.17) is 18.5 Å². The van der Waals surface area contributed by atoms with Crippen LogP contribution in [0.2, 0.25) is 0 Å². The number of allylic oxidation sites excluding steroid dienone is 14. The molecule has 0 radical (unpaired) electrons. The standard InChI is InChI=1S/C48H84NO7P/c1-6-8-10-12-14-16-18-20-22-23-24-25-26-27-28-29-31-33-35-37-39-41-48(50)56-47(46-55-57(51,52)54-44-42-49(3,4)5)45-53-43-40-38-36-34-32-30-21-19-17-15-13-11-9-7-2/h9,11,15,17-18,20-21,23-24,26-27,30,34,36,47H,6-8,10,12-14,16,19,22,25,28-29,31-33,35,37-46H2,1-5H3/b11-9-,17-15-,20-18-,24-23-,27-26-,30-21-,36-34-. The lowest BCUT2D eigenvalue weighted by Crippen LogP contribution is -2.37. The van der Waals surface area contributed by atoms with Crippen LogP contribution in [0.15, 0.2) is 85.1 Å². The second kappa shape index (κ2) is 40.5. The van der Waals surface area contributed by atoms with Gasteiger partial charge in [-0.05, 0) is 83.5 Å². The first kappa shape index (κ1) is 54.7. The van der Waals surface area contributed by atoms with Crippen LogP contribution in [0.25, 0.3) is 0 Å². The number of carbonyl (C=O) groups excluding carboxylic acids is 1. The lowest BCUT2D eigenvalue weighted by atomic mass is 10.1. The minimum atomic E-state index is -4.55. The summed E-state index contributed by atoms with van der Waals surface area (Å²) in [5.74, 6) is -0.369. The molecule has 328 valence electrons. The molecule has 8 nitrogen and oxygen atoms in total. The van der Waals surface area contributed by atoms with Gasteiger partial charge in [0.15, 0.2) is 0 Å². The van der Waals surface area contributed by atoms with Crippen LogP contribution in [-0.2, 0) is 27.9 Å². The molecule has 0 N–H and O–H groups in total. The maximum atomic E-state index is 12.7. The van der Waals surface area contributed by atoms with Gasteiger partial charge < -0.3 is 27.9 Å². The number of ether oxygens (including phenoxy) is 2. The zero-order valence-corrected chi connectivity index (χ0v) is 37.9. The van der Waals surface area contributed by atoms with Gasteiger partial charge in [-0.3, -0.25) is 9.36 Å². The van der Waals surface area contributed by atoms with Crippen LogP contribution in [0.4, 0.5) is 0 Å². The molecule has 0 amide bonds. The summed E-state index contributed by atoms with van der Waals surface area (Å²) in [5, 5.41) is 0. The van der Waals surface area contributed by atoms with Gasteiger partial charge in [0.05, 0.1) is 34.4 Å². The zero-order chi connectivity index (χ0) is 42.0. The fraction of sp³-hybridized carbons (Fsp3) is 0.688. The van der Waals surface area contributed by atoms with E-state index in [0.29, 0.717) is 17.6 Å². The third-order valence-electron chi connectivity index (χ3n) is 8.93. The summed E-state index contributed by atoms with van der Waals surface area (Å²) in [5.41, 5.74) is 0. The molecule has 0 spiro atoms. The van der Waals surface area contributed by atoms with Crippen molar-refractivity contribution in [1.82, 2.24) is 0 Å². The third-order valence-corrected chi connectivity index (χ3v) is 9.89. The summed E-state index contributed by atoms with van der Waals surface area (Å²) in [6.45, 7) is 5.09. The molecule has 57 heavy (non-hydrogen) atoms. The highest BCUT2D eigenvalue weighted by molar-refractivity contribution is 7.45. The van der Waals surface area contributed by atoms with Crippen LogP contribution in [0, 0.1) is 0 Å². The smallest absolute Gasteiger partial charge is 0.306 e. The Bertz CT molecular complexity index is 1180. The molecule has 0 heterocycles. The fourth-order valence-corrected chi connectivity index (χ4v) is 6.23. The van der Waals surface area contributed by atoms with E-state index in [1.54, 1.807) is 0 Å². The number of hydrogen-bond donors (Lipinski definition) is 0. The summed E-state index contributed by atoms with van der Waals surface area (Å²) >= 11 is 0. The summed E-state index contributed by atoms with van der Waals surface area (Å²) in [7, 11) is 1.30. The van der Waals surface area contributed by atoms with E-state index in [1.165, 1.54) is 51.4 Å². The van der Waals surface area contributed by atoms with E-state index >= 15 is 0 Å². The Kier molecular flexibility index (Phi) is 38.8. The van der Waals surface area contributed by atoms with Gasteiger partial charge in [-0.25, -0.2) is 0 Å². The molecule has 0 bridgehead atoms. The summed E-state index contributed by atoms with van der Waals surface area (Å²) < 4.78 is 34.5. The number of quaternary nitrogens is 1. The quantitative estimate of drug-likeness (QED) is 0.0200. The number of phosphoric acid groups is 1. The summed E-state index contributed by atoms with van der Waals surface area (Å²) in [6.07, 6.45) is 53.3. The maximum absolute atomic E-state index is 12.7. The zero-order valence-electron chi connectivity index (χ0n) is 37.0. The van der Waals surface area contributed by atoms with Crippen molar-refractivity contribution in [2.24, 2.45) is 0 Å². The second-order valence-corrected chi connectivity index (χ2v) is 17.1. The second-order valence-electron chi connectivity index (χ2n) is 15.7. The van der Waals surface area contributed by atoms with Gasteiger partial charge in [-0.2, -0.15) is 0 Å². The van der Waals surface area contributed by atoms with Crippen LogP contribution in [0.5, 0.6) is 0 Å². The average molecular weight is 818 g/mol. The first-order valence-electron chi connectivity index (χ1n) is 22.3. The molecule has 2 atom stereocenters. The Morgan fingerprint density at radius 3 is 1.53 bits per heavy atom. The van der Waals surface area contributed by atoms with Crippen molar-refractivity contribution in [3.8, 4) is 0 Å². The van der Waals surface area contributed by atoms with Crippen molar-refractivity contribution in [2.75, 3.05) is 54.1 Å². The summed E-state index contributed by atoms with van der Waals surface area (Å²) in [4.78, 5) is 25.1. The van der Waals surface area contributed by atoms with E-state index in [1.807, 2.05) is 21.1 Å². The highest BCUT2D eigenvalue weighted by Crippen LogP contribution is 2.38.